The molecular weight excluding hydrogens is 378 g/mol. The SMILES string of the molecule is NNc1nc(N)cc(OCc2cccc(-c3cnn(Cc4ccccc4)c3)c2)c1N. The van der Waals surface area contributed by atoms with E-state index in [0.717, 1.165) is 23.2 Å². The predicted octanol–water partition coefficient (Wildman–Crippen LogP) is 3.02. The number of benzene rings is 2. The van der Waals surface area contributed by atoms with Crippen LogP contribution in [-0.2, 0) is 13.2 Å². The minimum Gasteiger partial charge on any atom is -0.486 e. The van der Waals surface area contributed by atoms with Crippen LogP contribution in [0.4, 0.5) is 17.3 Å². The number of ether oxygens (including phenoxy) is 1. The van der Waals surface area contributed by atoms with Crippen molar-refractivity contribution >= 4 is 17.3 Å². The van der Waals surface area contributed by atoms with E-state index < -0.39 is 0 Å². The first-order valence-corrected chi connectivity index (χ1v) is 9.43. The van der Waals surface area contributed by atoms with E-state index in [0.29, 0.717) is 18.0 Å². The summed E-state index contributed by atoms with van der Waals surface area (Å²) >= 11 is 0. The third-order valence-electron chi connectivity index (χ3n) is 4.65. The van der Waals surface area contributed by atoms with E-state index in [1.807, 2.05) is 53.5 Å². The molecule has 4 rings (SSSR count). The van der Waals surface area contributed by atoms with Crippen molar-refractivity contribution < 1.29 is 4.74 Å². The molecule has 0 atom stereocenters. The number of nitrogens with zero attached hydrogens (tertiary/aromatic N) is 3. The van der Waals surface area contributed by atoms with E-state index >= 15 is 0 Å². The number of rotatable bonds is 7. The topological polar surface area (TPSA) is 130 Å². The summed E-state index contributed by atoms with van der Waals surface area (Å²) in [5.74, 6) is 6.40. The highest BCUT2D eigenvalue weighted by molar-refractivity contribution is 5.71. The number of anilines is 3. The molecule has 152 valence electrons. The van der Waals surface area contributed by atoms with E-state index in [2.05, 4.69) is 33.7 Å². The summed E-state index contributed by atoms with van der Waals surface area (Å²) in [5.41, 5.74) is 18.8. The summed E-state index contributed by atoms with van der Waals surface area (Å²) in [7, 11) is 0. The molecule has 0 unspecified atom stereocenters. The average molecular weight is 401 g/mol. The second kappa shape index (κ2) is 8.54. The Morgan fingerprint density at radius 2 is 1.73 bits per heavy atom. The van der Waals surface area contributed by atoms with Crippen molar-refractivity contribution in [3.8, 4) is 16.9 Å². The van der Waals surface area contributed by atoms with Crippen molar-refractivity contribution in [2.24, 2.45) is 5.84 Å². The Hall–Kier alpha value is -4.04. The largest absolute Gasteiger partial charge is 0.486 e. The van der Waals surface area contributed by atoms with Crippen molar-refractivity contribution in [2.75, 3.05) is 16.9 Å². The van der Waals surface area contributed by atoms with E-state index in [4.69, 9.17) is 22.0 Å². The van der Waals surface area contributed by atoms with E-state index in [1.54, 1.807) is 6.07 Å². The fourth-order valence-electron chi connectivity index (χ4n) is 3.15. The highest BCUT2D eigenvalue weighted by Gasteiger charge is 2.10. The number of hydrazine groups is 1. The Morgan fingerprint density at radius 1 is 0.933 bits per heavy atom. The lowest BCUT2D eigenvalue weighted by Gasteiger charge is -2.13. The Balaban J connectivity index is 1.48. The summed E-state index contributed by atoms with van der Waals surface area (Å²) in [5, 5.41) is 4.48. The molecule has 30 heavy (non-hydrogen) atoms. The Kier molecular flexibility index (Phi) is 5.49. The van der Waals surface area contributed by atoms with Gasteiger partial charge in [0.25, 0.3) is 0 Å². The van der Waals surface area contributed by atoms with Crippen LogP contribution in [0.15, 0.2) is 73.1 Å². The van der Waals surface area contributed by atoms with Crippen LogP contribution in [0, 0.1) is 0 Å². The molecule has 0 saturated heterocycles. The molecule has 7 N–H and O–H groups in total. The Bertz CT molecular complexity index is 1140. The highest BCUT2D eigenvalue weighted by Crippen LogP contribution is 2.30. The summed E-state index contributed by atoms with van der Waals surface area (Å²) in [6, 6.07) is 19.9. The van der Waals surface area contributed by atoms with Crippen LogP contribution in [0.5, 0.6) is 5.75 Å². The van der Waals surface area contributed by atoms with Crippen molar-refractivity contribution in [1.82, 2.24) is 14.8 Å². The normalized spacial score (nSPS) is 10.7. The minimum atomic E-state index is 0.270. The molecule has 0 bridgehead atoms. The van der Waals surface area contributed by atoms with Crippen molar-refractivity contribution in [2.45, 2.75) is 13.2 Å². The van der Waals surface area contributed by atoms with Gasteiger partial charge in [0.2, 0.25) is 0 Å². The van der Waals surface area contributed by atoms with Gasteiger partial charge in [0.05, 0.1) is 12.7 Å². The van der Waals surface area contributed by atoms with Gasteiger partial charge in [-0.25, -0.2) is 10.8 Å². The molecule has 0 aliphatic carbocycles. The van der Waals surface area contributed by atoms with Crippen LogP contribution < -0.4 is 27.5 Å². The molecule has 0 amide bonds. The molecule has 4 aromatic rings. The molecule has 8 nitrogen and oxygen atoms in total. The molecule has 0 radical (unpaired) electrons. The van der Waals surface area contributed by atoms with Gasteiger partial charge in [-0.3, -0.25) is 4.68 Å². The Labute approximate surface area is 174 Å². The van der Waals surface area contributed by atoms with Gasteiger partial charge in [0.1, 0.15) is 23.9 Å². The monoisotopic (exact) mass is 401 g/mol. The average Bonchev–Trinajstić information content (AvgIpc) is 3.23. The molecule has 2 aromatic carbocycles. The molecule has 0 spiro atoms. The van der Waals surface area contributed by atoms with Crippen LogP contribution >= 0.6 is 0 Å². The molecular formula is C22H23N7O. The zero-order valence-electron chi connectivity index (χ0n) is 16.3. The first-order chi connectivity index (χ1) is 14.6. The molecule has 2 heterocycles. The Morgan fingerprint density at radius 3 is 2.53 bits per heavy atom. The zero-order valence-corrected chi connectivity index (χ0v) is 16.3. The minimum absolute atomic E-state index is 0.270. The number of pyridine rings is 1. The lowest BCUT2D eigenvalue weighted by atomic mass is 10.1. The van der Waals surface area contributed by atoms with Gasteiger partial charge in [-0.2, -0.15) is 5.10 Å². The van der Waals surface area contributed by atoms with Gasteiger partial charge in [-0.15, -0.1) is 0 Å². The maximum absolute atomic E-state index is 6.02. The smallest absolute Gasteiger partial charge is 0.169 e. The van der Waals surface area contributed by atoms with Gasteiger partial charge in [-0.05, 0) is 22.8 Å². The van der Waals surface area contributed by atoms with Crippen molar-refractivity contribution in [3.63, 3.8) is 0 Å². The van der Waals surface area contributed by atoms with Gasteiger partial charge in [0.15, 0.2) is 5.82 Å². The first-order valence-electron chi connectivity index (χ1n) is 9.43. The predicted molar refractivity (Wildman–Crippen MR) is 118 cm³/mol. The van der Waals surface area contributed by atoms with Gasteiger partial charge in [-0.1, -0.05) is 48.5 Å². The zero-order chi connectivity index (χ0) is 20.9. The number of aromatic nitrogens is 3. The van der Waals surface area contributed by atoms with Crippen LogP contribution in [0.1, 0.15) is 11.1 Å². The van der Waals surface area contributed by atoms with E-state index in [1.165, 1.54) is 5.56 Å². The van der Waals surface area contributed by atoms with E-state index in [9.17, 15) is 0 Å². The molecule has 2 aromatic heterocycles. The van der Waals surface area contributed by atoms with Crippen LogP contribution in [0.25, 0.3) is 11.1 Å². The number of nitrogens with two attached hydrogens (primary N) is 3. The third-order valence-corrected chi connectivity index (χ3v) is 4.65. The lowest BCUT2D eigenvalue weighted by Crippen LogP contribution is -2.13. The standard InChI is InChI=1S/C22H23N7O/c23-20-10-19(21(24)22(27-20)28-25)30-14-16-7-4-8-17(9-16)18-11-26-29(13-18)12-15-5-2-1-3-6-15/h1-11,13H,12,14,24-25H2,(H3,23,27,28). The van der Waals surface area contributed by atoms with E-state index in [-0.39, 0.29) is 11.6 Å². The van der Waals surface area contributed by atoms with Crippen molar-refractivity contribution in [3.05, 3.63) is 84.2 Å². The maximum atomic E-state index is 6.02. The van der Waals surface area contributed by atoms with Crippen LogP contribution in [0.2, 0.25) is 0 Å². The summed E-state index contributed by atoms with van der Waals surface area (Å²) < 4.78 is 7.79. The summed E-state index contributed by atoms with van der Waals surface area (Å²) in [6.45, 7) is 1.05. The summed E-state index contributed by atoms with van der Waals surface area (Å²) in [4.78, 5) is 4.02. The van der Waals surface area contributed by atoms with Gasteiger partial charge >= 0.3 is 0 Å². The molecule has 0 fully saturated rings. The molecule has 8 heteroatoms. The summed E-state index contributed by atoms with van der Waals surface area (Å²) in [6.07, 6.45) is 3.90. The number of hydrogen-bond donors (Lipinski definition) is 4. The fourth-order valence-corrected chi connectivity index (χ4v) is 3.15. The molecule has 0 aliphatic rings. The quantitative estimate of drug-likeness (QED) is 0.277. The number of nitrogens with one attached hydrogen (secondary N) is 1. The lowest BCUT2D eigenvalue weighted by molar-refractivity contribution is 0.308. The maximum Gasteiger partial charge on any atom is 0.169 e. The second-order valence-corrected chi connectivity index (χ2v) is 6.85. The van der Waals surface area contributed by atoms with Crippen LogP contribution in [-0.4, -0.2) is 14.8 Å². The highest BCUT2D eigenvalue weighted by atomic mass is 16.5. The fraction of sp³-hybridized carbons (Fsp3) is 0.0909. The second-order valence-electron chi connectivity index (χ2n) is 6.85. The first kappa shape index (κ1) is 19.3. The number of hydrogen-bond acceptors (Lipinski definition) is 7. The van der Waals surface area contributed by atoms with Crippen molar-refractivity contribution in [1.29, 1.82) is 0 Å². The van der Waals surface area contributed by atoms with Gasteiger partial charge < -0.3 is 21.6 Å². The number of nitrogen functional groups attached to an aromatic ring is 3. The molecule has 0 saturated carbocycles. The third kappa shape index (κ3) is 4.34. The molecule has 0 aliphatic heterocycles. The van der Waals surface area contributed by atoms with Gasteiger partial charge in [0, 0.05) is 17.8 Å². The van der Waals surface area contributed by atoms with Crippen LogP contribution in [0.3, 0.4) is 0 Å².